The molecule has 4 atom stereocenters. The number of fused-ring (bicyclic) bond motifs is 3. The normalized spacial score (nSPS) is 27.8. The highest BCUT2D eigenvalue weighted by Gasteiger charge is 2.51. The molecule has 1 fully saturated rings. The minimum atomic E-state index is 0.106. The van der Waals surface area contributed by atoms with Crippen molar-refractivity contribution in [3.05, 3.63) is 64.7 Å². The fraction of sp³-hybridized carbons (Fsp3) is 0.600. The number of rotatable bonds is 8. The van der Waals surface area contributed by atoms with Crippen LogP contribution < -0.4 is 11.1 Å². The maximum Gasteiger partial charge on any atom is 0.0307 e. The van der Waals surface area contributed by atoms with Gasteiger partial charge in [-0.15, -0.1) is 11.8 Å². The van der Waals surface area contributed by atoms with Crippen molar-refractivity contribution >= 4 is 11.8 Å². The third-order valence-corrected chi connectivity index (χ3v) is 9.62. The van der Waals surface area contributed by atoms with Gasteiger partial charge in [0.1, 0.15) is 0 Å². The highest BCUT2D eigenvalue weighted by atomic mass is 32.2. The summed E-state index contributed by atoms with van der Waals surface area (Å²) < 4.78 is 0. The summed E-state index contributed by atoms with van der Waals surface area (Å²) in [6, 6.07) is 16.2. The second kappa shape index (κ2) is 10.1. The summed E-state index contributed by atoms with van der Waals surface area (Å²) in [5, 5.41) is 3.83. The lowest BCUT2D eigenvalue weighted by Crippen LogP contribution is -2.52. The molecule has 2 aromatic rings. The van der Waals surface area contributed by atoms with E-state index in [4.69, 9.17) is 5.73 Å². The van der Waals surface area contributed by atoms with Crippen LogP contribution in [0.1, 0.15) is 94.0 Å². The molecule has 2 aliphatic carbocycles. The SMILES string of the molecule is CSc1ccc(C(N)CCNCC2(C)CCCC3(C)c4ccc(C(C)C)cc4CCC23)cc1. The van der Waals surface area contributed by atoms with Crippen molar-refractivity contribution in [2.75, 3.05) is 19.3 Å². The van der Waals surface area contributed by atoms with Crippen LogP contribution in [0.2, 0.25) is 0 Å². The molecule has 4 rings (SSSR count). The predicted octanol–water partition coefficient (Wildman–Crippen LogP) is 7.22. The Kier molecular flexibility index (Phi) is 7.63. The Morgan fingerprint density at radius 2 is 1.79 bits per heavy atom. The predicted molar refractivity (Wildman–Crippen MR) is 144 cm³/mol. The van der Waals surface area contributed by atoms with Crippen LogP contribution in [0.5, 0.6) is 0 Å². The maximum absolute atomic E-state index is 6.51. The molecule has 0 radical (unpaired) electrons. The molecule has 2 aromatic carbocycles. The van der Waals surface area contributed by atoms with Gasteiger partial charge in [-0.05, 0) is 102 Å². The summed E-state index contributed by atoms with van der Waals surface area (Å²) in [7, 11) is 0. The van der Waals surface area contributed by atoms with E-state index in [0.29, 0.717) is 16.7 Å². The molecule has 0 heterocycles. The van der Waals surface area contributed by atoms with E-state index in [1.807, 2.05) is 0 Å². The van der Waals surface area contributed by atoms with E-state index in [2.05, 4.69) is 81.7 Å². The minimum absolute atomic E-state index is 0.106. The van der Waals surface area contributed by atoms with Gasteiger partial charge in [0, 0.05) is 17.5 Å². The van der Waals surface area contributed by atoms with Crippen LogP contribution in [0, 0.1) is 11.3 Å². The van der Waals surface area contributed by atoms with Crippen molar-refractivity contribution in [3.63, 3.8) is 0 Å². The van der Waals surface area contributed by atoms with Gasteiger partial charge >= 0.3 is 0 Å². The van der Waals surface area contributed by atoms with Crippen LogP contribution in [-0.4, -0.2) is 19.3 Å². The molecule has 3 N–H and O–H groups in total. The van der Waals surface area contributed by atoms with Crippen LogP contribution in [0.25, 0.3) is 0 Å². The van der Waals surface area contributed by atoms with Crippen LogP contribution in [-0.2, 0) is 11.8 Å². The van der Waals surface area contributed by atoms with E-state index in [1.165, 1.54) is 48.1 Å². The molecular weight excluding hydrogens is 420 g/mol. The second-order valence-electron chi connectivity index (χ2n) is 11.4. The quantitative estimate of drug-likeness (QED) is 0.320. The lowest BCUT2D eigenvalue weighted by atomic mass is 9.49. The molecule has 1 saturated carbocycles. The average Bonchev–Trinajstić information content (AvgIpc) is 2.81. The highest BCUT2D eigenvalue weighted by molar-refractivity contribution is 7.98. The topological polar surface area (TPSA) is 38.0 Å². The molecule has 0 aliphatic heterocycles. The first-order chi connectivity index (χ1) is 15.8. The fourth-order valence-corrected chi connectivity index (χ4v) is 7.27. The zero-order valence-corrected chi connectivity index (χ0v) is 22.2. The number of hydrogen-bond donors (Lipinski definition) is 2. The molecule has 2 aliphatic rings. The van der Waals surface area contributed by atoms with Crippen molar-refractivity contribution < 1.29 is 0 Å². The van der Waals surface area contributed by atoms with E-state index < -0.39 is 0 Å². The van der Waals surface area contributed by atoms with Gasteiger partial charge in [0.15, 0.2) is 0 Å². The summed E-state index contributed by atoms with van der Waals surface area (Å²) in [5.41, 5.74) is 13.2. The summed E-state index contributed by atoms with van der Waals surface area (Å²) in [6.45, 7) is 11.8. The molecule has 4 unspecified atom stereocenters. The van der Waals surface area contributed by atoms with Crippen molar-refractivity contribution in [1.82, 2.24) is 5.32 Å². The van der Waals surface area contributed by atoms with Gasteiger partial charge < -0.3 is 11.1 Å². The lowest BCUT2D eigenvalue weighted by molar-refractivity contribution is 0.0259. The van der Waals surface area contributed by atoms with E-state index in [1.54, 1.807) is 22.9 Å². The molecule has 3 heteroatoms. The van der Waals surface area contributed by atoms with Gasteiger partial charge in [-0.1, -0.05) is 64.4 Å². The summed E-state index contributed by atoms with van der Waals surface area (Å²) in [5.74, 6) is 1.35. The Hall–Kier alpha value is -1.29. The first kappa shape index (κ1) is 24.8. The smallest absolute Gasteiger partial charge is 0.0307 e. The lowest BCUT2D eigenvalue weighted by Gasteiger charge is -2.55. The average molecular weight is 465 g/mol. The van der Waals surface area contributed by atoms with Gasteiger partial charge in [-0.3, -0.25) is 0 Å². The van der Waals surface area contributed by atoms with Crippen LogP contribution >= 0.6 is 11.8 Å². The molecule has 0 saturated heterocycles. The van der Waals surface area contributed by atoms with E-state index in [-0.39, 0.29) is 6.04 Å². The molecule has 180 valence electrons. The monoisotopic (exact) mass is 464 g/mol. The van der Waals surface area contributed by atoms with Crippen molar-refractivity contribution in [2.45, 2.75) is 88.5 Å². The number of benzene rings is 2. The van der Waals surface area contributed by atoms with Crippen LogP contribution in [0.4, 0.5) is 0 Å². The van der Waals surface area contributed by atoms with E-state index in [9.17, 15) is 0 Å². The van der Waals surface area contributed by atoms with E-state index in [0.717, 1.165) is 25.4 Å². The van der Waals surface area contributed by atoms with Crippen LogP contribution in [0.3, 0.4) is 0 Å². The Morgan fingerprint density at radius 3 is 2.48 bits per heavy atom. The third kappa shape index (κ3) is 5.06. The molecule has 0 spiro atoms. The third-order valence-electron chi connectivity index (χ3n) is 8.87. The summed E-state index contributed by atoms with van der Waals surface area (Å²) >= 11 is 1.78. The number of aryl methyl sites for hydroxylation is 1. The maximum atomic E-state index is 6.51. The first-order valence-corrected chi connectivity index (χ1v) is 14.2. The highest BCUT2D eigenvalue weighted by Crippen LogP contribution is 2.57. The first-order valence-electron chi connectivity index (χ1n) is 13.0. The standard InChI is InChI=1S/C30H44N2S/c1-21(2)23-9-13-26-24(19-23)10-14-28-29(3,16-6-17-30(26,28)4)20-32-18-15-27(31)22-7-11-25(33-5)12-8-22/h7-9,11-13,19,21,27-28,32H,6,10,14-18,20,31H2,1-5H3. The Balaban J connectivity index is 1.39. The van der Waals surface area contributed by atoms with Crippen molar-refractivity contribution in [2.24, 2.45) is 17.1 Å². The molecule has 2 nitrogen and oxygen atoms in total. The number of nitrogens with two attached hydrogens (primary N) is 1. The number of hydrogen-bond acceptors (Lipinski definition) is 3. The Labute approximate surface area is 206 Å². The van der Waals surface area contributed by atoms with Crippen LogP contribution in [0.15, 0.2) is 47.4 Å². The minimum Gasteiger partial charge on any atom is -0.324 e. The molecule has 33 heavy (non-hydrogen) atoms. The van der Waals surface area contributed by atoms with Crippen molar-refractivity contribution in [3.8, 4) is 0 Å². The second-order valence-corrected chi connectivity index (χ2v) is 12.3. The largest absolute Gasteiger partial charge is 0.324 e. The van der Waals surface area contributed by atoms with Crippen molar-refractivity contribution in [1.29, 1.82) is 0 Å². The number of thioether (sulfide) groups is 1. The Bertz CT molecular complexity index is 937. The molecule has 0 aromatic heterocycles. The molecule has 0 bridgehead atoms. The molecule has 0 amide bonds. The van der Waals surface area contributed by atoms with Gasteiger partial charge in [-0.2, -0.15) is 0 Å². The van der Waals surface area contributed by atoms with Gasteiger partial charge in [0.2, 0.25) is 0 Å². The zero-order chi connectivity index (χ0) is 23.6. The van der Waals surface area contributed by atoms with E-state index >= 15 is 0 Å². The summed E-state index contributed by atoms with van der Waals surface area (Å²) in [4.78, 5) is 1.30. The van der Waals surface area contributed by atoms with Gasteiger partial charge in [0.05, 0.1) is 0 Å². The van der Waals surface area contributed by atoms with Gasteiger partial charge in [-0.25, -0.2) is 0 Å². The fourth-order valence-electron chi connectivity index (χ4n) is 6.86. The van der Waals surface area contributed by atoms with Gasteiger partial charge in [0.25, 0.3) is 0 Å². The summed E-state index contributed by atoms with van der Waals surface area (Å²) in [6.07, 6.45) is 9.66. The number of nitrogens with one attached hydrogen (secondary N) is 1. The molecular formula is C30H44N2S. The zero-order valence-electron chi connectivity index (χ0n) is 21.4. The Morgan fingerprint density at radius 1 is 1.06 bits per heavy atom.